The van der Waals surface area contributed by atoms with Crippen LogP contribution in [0.2, 0.25) is 0 Å². The van der Waals surface area contributed by atoms with Gasteiger partial charge in [0.15, 0.2) is 0 Å². The Morgan fingerprint density at radius 3 is 2.19 bits per heavy atom. The number of nitrogens with zero attached hydrogens (tertiary/aromatic N) is 2. The Hall–Kier alpha value is -1.71. The summed E-state index contributed by atoms with van der Waals surface area (Å²) in [5.74, 6) is 0.676. The van der Waals surface area contributed by atoms with Gasteiger partial charge in [0, 0.05) is 12.7 Å². The fourth-order valence-corrected chi connectivity index (χ4v) is 5.09. The topological polar surface area (TPSA) is 36.4 Å². The van der Waals surface area contributed by atoms with Gasteiger partial charge < -0.3 is 5.11 Å². The van der Waals surface area contributed by atoms with Crippen LogP contribution in [-0.4, -0.2) is 28.1 Å². The van der Waals surface area contributed by atoms with Crippen LogP contribution in [0.4, 0.5) is 0 Å². The lowest BCUT2D eigenvalue weighted by Crippen LogP contribution is -2.47. The van der Waals surface area contributed by atoms with E-state index in [9.17, 15) is 5.11 Å². The van der Waals surface area contributed by atoms with E-state index in [-0.39, 0.29) is 0 Å². The number of hydrogen-bond acceptors (Lipinski definition) is 3. The summed E-state index contributed by atoms with van der Waals surface area (Å²) >= 11 is 0. The summed E-state index contributed by atoms with van der Waals surface area (Å²) < 4.78 is 0. The van der Waals surface area contributed by atoms with E-state index in [0.717, 1.165) is 51.0 Å². The molecule has 1 aromatic heterocycles. The van der Waals surface area contributed by atoms with E-state index in [1.807, 2.05) is 24.4 Å². The van der Waals surface area contributed by atoms with Crippen LogP contribution in [0.5, 0.6) is 0 Å². The quantitative estimate of drug-likeness (QED) is 0.870. The first kappa shape index (κ1) is 17.7. The largest absolute Gasteiger partial charge is 0.383 e. The lowest BCUT2D eigenvalue weighted by Gasteiger charge is -2.44. The molecule has 2 heterocycles. The highest BCUT2D eigenvalue weighted by Crippen LogP contribution is 2.47. The average Bonchev–Trinajstić information content (AvgIpc) is 3.25. The minimum absolute atomic E-state index is 0.313. The zero-order chi connectivity index (χ0) is 17.8. The molecule has 1 N–H and O–H groups in total. The molecule has 0 radical (unpaired) electrons. The van der Waals surface area contributed by atoms with E-state index in [1.165, 1.54) is 18.4 Å². The Labute approximate surface area is 157 Å². The molecule has 0 spiro atoms. The highest BCUT2D eigenvalue weighted by atomic mass is 16.3. The Morgan fingerprint density at radius 1 is 0.885 bits per heavy atom. The molecule has 0 bridgehead atoms. The molecule has 1 aliphatic carbocycles. The number of piperidine rings is 1. The second-order valence-corrected chi connectivity index (χ2v) is 8.06. The van der Waals surface area contributed by atoms with Gasteiger partial charge in [0.1, 0.15) is 5.60 Å². The Kier molecular flexibility index (Phi) is 5.37. The average molecular weight is 351 g/mol. The van der Waals surface area contributed by atoms with Gasteiger partial charge in [-0.1, -0.05) is 49.2 Å². The third-order valence-corrected chi connectivity index (χ3v) is 6.51. The van der Waals surface area contributed by atoms with E-state index in [1.54, 1.807) is 0 Å². The van der Waals surface area contributed by atoms with Crippen molar-refractivity contribution in [1.29, 1.82) is 0 Å². The lowest BCUT2D eigenvalue weighted by atomic mass is 9.70. The Morgan fingerprint density at radius 2 is 1.54 bits per heavy atom. The highest BCUT2D eigenvalue weighted by Gasteiger charge is 2.47. The minimum Gasteiger partial charge on any atom is -0.383 e. The van der Waals surface area contributed by atoms with Gasteiger partial charge in [0.2, 0.25) is 0 Å². The molecule has 1 aromatic carbocycles. The molecule has 3 heteroatoms. The monoisotopic (exact) mass is 350 g/mol. The van der Waals surface area contributed by atoms with E-state index in [2.05, 4.69) is 40.2 Å². The molecule has 1 unspecified atom stereocenters. The first-order valence-electron chi connectivity index (χ1n) is 10.2. The normalized spacial score (nSPS) is 22.3. The van der Waals surface area contributed by atoms with Gasteiger partial charge in [0.25, 0.3) is 0 Å². The summed E-state index contributed by atoms with van der Waals surface area (Å²) in [7, 11) is 0. The summed E-state index contributed by atoms with van der Waals surface area (Å²) in [5, 5.41) is 11.9. The standard InChI is InChI=1S/C23H30N2O/c26-23(20-10-4-5-11-20,22-12-6-7-15-24-22)21-13-16-25(17-14-21)18-19-8-2-1-3-9-19/h1-3,6-9,12,15,20-21,26H,4-5,10-11,13-14,16-18H2. The molecule has 2 aliphatic rings. The summed E-state index contributed by atoms with van der Waals surface area (Å²) in [6, 6.07) is 16.7. The molecule has 2 fully saturated rings. The molecular weight excluding hydrogens is 320 g/mol. The van der Waals surface area contributed by atoms with Crippen LogP contribution in [0.15, 0.2) is 54.7 Å². The predicted octanol–water partition coefficient (Wildman–Crippen LogP) is 4.37. The van der Waals surface area contributed by atoms with E-state index >= 15 is 0 Å². The molecule has 138 valence electrons. The van der Waals surface area contributed by atoms with Crippen molar-refractivity contribution < 1.29 is 5.11 Å². The van der Waals surface area contributed by atoms with Crippen LogP contribution < -0.4 is 0 Å². The summed E-state index contributed by atoms with van der Waals surface area (Å²) in [6.45, 7) is 3.13. The van der Waals surface area contributed by atoms with Crippen molar-refractivity contribution in [1.82, 2.24) is 9.88 Å². The van der Waals surface area contributed by atoms with Crippen molar-refractivity contribution in [2.24, 2.45) is 11.8 Å². The number of pyridine rings is 1. The van der Waals surface area contributed by atoms with Crippen LogP contribution in [-0.2, 0) is 12.1 Å². The number of rotatable bonds is 5. The van der Waals surface area contributed by atoms with E-state index < -0.39 is 5.60 Å². The van der Waals surface area contributed by atoms with Crippen LogP contribution in [0.3, 0.4) is 0 Å². The Balaban J connectivity index is 1.48. The smallest absolute Gasteiger partial charge is 0.112 e. The molecule has 1 saturated heterocycles. The molecule has 3 nitrogen and oxygen atoms in total. The van der Waals surface area contributed by atoms with Crippen molar-refractivity contribution in [2.45, 2.75) is 50.7 Å². The molecular formula is C23H30N2O. The second-order valence-electron chi connectivity index (χ2n) is 8.06. The minimum atomic E-state index is -0.753. The first-order chi connectivity index (χ1) is 12.8. The second kappa shape index (κ2) is 7.89. The molecule has 26 heavy (non-hydrogen) atoms. The van der Waals surface area contributed by atoms with Gasteiger partial charge in [-0.15, -0.1) is 0 Å². The zero-order valence-corrected chi connectivity index (χ0v) is 15.6. The SMILES string of the molecule is OC(c1ccccn1)(C1CCCC1)C1CCN(Cc2ccccc2)CC1. The van der Waals surface area contributed by atoms with Crippen molar-refractivity contribution in [3.8, 4) is 0 Å². The van der Waals surface area contributed by atoms with Crippen LogP contribution >= 0.6 is 0 Å². The molecule has 0 amide bonds. The maximum Gasteiger partial charge on any atom is 0.112 e. The first-order valence-corrected chi connectivity index (χ1v) is 10.2. The maximum atomic E-state index is 11.9. The lowest BCUT2D eigenvalue weighted by molar-refractivity contribution is -0.0969. The summed E-state index contributed by atoms with van der Waals surface area (Å²) in [4.78, 5) is 7.12. The van der Waals surface area contributed by atoms with Crippen LogP contribution in [0, 0.1) is 11.8 Å². The van der Waals surface area contributed by atoms with Crippen molar-refractivity contribution in [3.63, 3.8) is 0 Å². The van der Waals surface area contributed by atoms with Gasteiger partial charge in [-0.3, -0.25) is 9.88 Å². The van der Waals surface area contributed by atoms with Gasteiger partial charge in [-0.2, -0.15) is 0 Å². The molecule has 4 rings (SSSR count). The van der Waals surface area contributed by atoms with Gasteiger partial charge in [0.05, 0.1) is 5.69 Å². The van der Waals surface area contributed by atoms with E-state index in [4.69, 9.17) is 0 Å². The zero-order valence-electron chi connectivity index (χ0n) is 15.6. The number of hydrogen-bond donors (Lipinski definition) is 1. The molecule has 1 aliphatic heterocycles. The third-order valence-electron chi connectivity index (χ3n) is 6.51. The highest BCUT2D eigenvalue weighted by molar-refractivity contribution is 5.18. The van der Waals surface area contributed by atoms with Gasteiger partial charge in [-0.25, -0.2) is 0 Å². The fraction of sp³-hybridized carbons (Fsp3) is 0.522. The number of likely N-dealkylation sites (tertiary alicyclic amines) is 1. The van der Waals surface area contributed by atoms with Gasteiger partial charge in [-0.05, 0) is 68.3 Å². The molecule has 2 aromatic rings. The van der Waals surface area contributed by atoms with Crippen molar-refractivity contribution >= 4 is 0 Å². The van der Waals surface area contributed by atoms with Crippen molar-refractivity contribution in [3.05, 3.63) is 66.0 Å². The predicted molar refractivity (Wildman–Crippen MR) is 105 cm³/mol. The van der Waals surface area contributed by atoms with Crippen LogP contribution in [0.1, 0.15) is 49.8 Å². The van der Waals surface area contributed by atoms with Gasteiger partial charge >= 0.3 is 0 Å². The van der Waals surface area contributed by atoms with Crippen molar-refractivity contribution in [2.75, 3.05) is 13.1 Å². The summed E-state index contributed by atoms with van der Waals surface area (Å²) in [5.41, 5.74) is 1.52. The fourth-order valence-electron chi connectivity index (χ4n) is 5.09. The van der Waals surface area contributed by atoms with Crippen LogP contribution in [0.25, 0.3) is 0 Å². The number of aromatic nitrogens is 1. The van der Waals surface area contributed by atoms with E-state index in [0.29, 0.717) is 11.8 Å². The summed E-state index contributed by atoms with van der Waals surface area (Å²) in [6.07, 6.45) is 8.69. The molecule has 1 saturated carbocycles. The Bertz CT molecular complexity index is 676. The maximum absolute atomic E-state index is 11.9. The number of benzene rings is 1. The molecule has 1 atom stereocenters. The number of aliphatic hydroxyl groups is 1. The third kappa shape index (κ3) is 3.56.